The summed E-state index contributed by atoms with van der Waals surface area (Å²) in [6.07, 6.45) is 4.73. The minimum absolute atomic E-state index is 0.114. The van der Waals surface area contributed by atoms with Crippen LogP contribution in [-0.4, -0.2) is 10.9 Å². The lowest BCUT2D eigenvalue weighted by Gasteiger charge is -2.13. The number of nitrogen functional groups attached to an aromatic ring is 1. The average Bonchev–Trinajstić information content (AvgIpc) is 2.46. The van der Waals surface area contributed by atoms with E-state index < -0.39 is 5.91 Å². The van der Waals surface area contributed by atoms with Crippen molar-refractivity contribution < 1.29 is 14.6 Å². The van der Waals surface area contributed by atoms with Gasteiger partial charge in [0.15, 0.2) is 5.75 Å². The van der Waals surface area contributed by atoms with E-state index in [1.165, 1.54) is 12.5 Å². The van der Waals surface area contributed by atoms with Gasteiger partial charge < -0.3 is 11.5 Å². The second kappa shape index (κ2) is 4.58. The number of nitrogens with two attached hydrogens (primary N) is 2. The van der Waals surface area contributed by atoms with Gasteiger partial charge in [-0.05, 0) is 35.4 Å². The van der Waals surface area contributed by atoms with E-state index in [-0.39, 0.29) is 11.4 Å². The number of hydrogen-bond acceptors (Lipinski definition) is 5. The van der Waals surface area contributed by atoms with Gasteiger partial charge in [-0.2, -0.15) is 0 Å². The van der Waals surface area contributed by atoms with E-state index in [0.29, 0.717) is 11.3 Å². The second-order valence-electron chi connectivity index (χ2n) is 4.22. The van der Waals surface area contributed by atoms with Crippen LogP contribution in [0.5, 0.6) is 5.75 Å². The van der Waals surface area contributed by atoms with Crippen LogP contribution < -0.4 is 16.4 Å². The molecule has 100 valence electrons. The van der Waals surface area contributed by atoms with Crippen molar-refractivity contribution in [2.75, 3.05) is 5.73 Å². The van der Waals surface area contributed by atoms with E-state index in [0.717, 1.165) is 11.1 Å². The molecule has 0 saturated carbocycles. The number of fused-ring (bicyclic) bond motifs is 1. The van der Waals surface area contributed by atoms with Gasteiger partial charge in [0.25, 0.3) is 5.91 Å². The maximum absolute atomic E-state index is 11.5. The molecule has 2 aromatic rings. The predicted molar refractivity (Wildman–Crippen MR) is 73.4 cm³/mol. The molecule has 0 spiro atoms. The summed E-state index contributed by atoms with van der Waals surface area (Å²) in [5.41, 5.74) is 13.6. The molecule has 0 saturated heterocycles. The zero-order valence-corrected chi connectivity index (χ0v) is 10.4. The Bertz CT molecular complexity index is 726. The summed E-state index contributed by atoms with van der Waals surface area (Å²) in [5, 5.41) is 0. The van der Waals surface area contributed by atoms with Crippen molar-refractivity contribution in [1.29, 1.82) is 0 Å². The standard InChI is InChI=1S/C14H11N3O3/c15-13-12(14(16)18)10(3-5-17-13)8-1-2-11-9(7-8)4-6-19-20-11/h1-7H,(H2,15,17)(H2,16,18). The third kappa shape index (κ3) is 1.93. The van der Waals surface area contributed by atoms with Crippen molar-refractivity contribution in [3.05, 3.63) is 47.9 Å². The fourth-order valence-corrected chi connectivity index (χ4v) is 2.08. The molecule has 6 nitrogen and oxygen atoms in total. The molecule has 0 radical (unpaired) electrons. The molecule has 0 bridgehead atoms. The summed E-state index contributed by atoms with van der Waals surface area (Å²) < 4.78 is 0. The molecule has 1 aliphatic rings. The highest BCUT2D eigenvalue weighted by molar-refractivity contribution is 6.03. The first-order valence-corrected chi connectivity index (χ1v) is 5.85. The highest BCUT2D eigenvalue weighted by atomic mass is 17.2. The number of aromatic nitrogens is 1. The lowest BCUT2D eigenvalue weighted by Crippen LogP contribution is -2.16. The summed E-state index contributed by atoms with van der Waals surface area (Å²) in [7, 11) is 0. The lowest BCUT2D eigenvalue weighted by molar-refractivity contribution is -0.151. The predicted octanol–water partition coefficient (Wildman–Crippen LogP) is 1.72. The Balaban J connectivity index is 2.17. The van der Waals surface area contributed by atoms with Crippen molar-refractivity contribution in [2.24, 2.45) is 5.73 Å². The number of hydrogen-bond donors (Lipinski definition) is 2. The first-order chi connectivity index (χ1) is 9.66. The highest BCUT2D eigenvalue weighted by Gasteiger charge is 2.16. The number of pyridine rings is 1. The number of benzene rings is 1. The maximum Gasteiger partial charge on any atom is 0.253 e. The number of carbonyl (C=O) groups is 1. The van der Waals surface area contributed by atoms with Gasteiger partial charge in [-0.25, -0.2) is 4.98 Å². The van der Waals surface area contributed by atoms with Crippen LogP contribution in [-0.2, 0) is 4.89 Å². The summed E-state index contributed by atoms with van der Waals surface area (Å²) in [4.78, 5) is 25.2. The number of nitrogens with zero attached hydrogens (tertiary/aromatic N) is 1. The molecule has 0 atom stereocenters. The Kier molecular flexibility index (Phi) is 2.76. The van der Waals surface area contributed by atoms with Gasteiger partial charge in [0.1, 0.15) is 12.1 Å². The van der Waals surface area contributed by atoms with E-state index in [1.807, 2.05) is 6.07 Å². The first kappa shape index (κ1) is 12.0. The summed E-state index contributed by atoms with van der Waals surface area (Å²) in [6.45, 7) is 0. The lowest BCUT2D eigenvalue weighted by atomic mass is 9.98. The summed E-state index contributed by atoms with van der Waals surface area (Å²) >= 11 is 0. The zero-order valence-electron chi connectivity index (χ0n) is 10.4. The van der Waals surface area contributed by atoms with Gasteiger partial charge in [0, 0.05) is 11.8 Å². The minimum Gasteiger partial charge on any atom is -0.383 e. The molecule has 1 aromatic carbocycles. The van der Waals surface area contributed by atoms with E-state index in [4.69, 9.17) is 21.2 Å². The SMILES string of the molecule is NC(=O)c1c(-c2ccc3c(c2)C=COO3)ccnc1N. The molecule has 1 amide bonds. The topological polar surface area (TPSA) is 100 Å². The zero-order chi connectivity index (χ0) is 14.1. The highest BCUT2D eigenvalue weighted by Crippen LogP contribution is 2.32. The molecular formula is C14H11N3O3. The molecule has 0 unspecified atom stereocenters. The van der Waals surface area contributed by atoms with Gasteiger partial charge in [0.05, 0.1) is 5.56 Å². The van der Waals surface area contributed by atoms with Crippen LogP contribution in [0, 0.1) is 0 Å². The Morgan fingerprint density at radius 2 is 2.10 bits per heavy atom. The molecular weight excluding hydrogens is 258 g/mol. The van der Waals surface area contributed by atoms with Crippen molar-refractivity contribution in [1.82, 2.24) is 4.98 Å². The third-order valence-corrected chi connectivity index (χ3v) is 2.99. The molecule has 4 N–H and O–H groups in total. The number of rotatable bonds is 2. The smallest absolute Gasteiger partial charge is 0.253 e. The second-order valence-corrected chi connectivity index (χ2v) is 4.22. The van der Waals surface area contributed by atoms with Crippen molar-refractivity contribution in [3.63, 3.8) is 0 Å². The van der Waals surface area contributed by atoms with Crippen molar-refractivity contribution in [2.45, 2.75) is 0 Å². The van der Waals surface area contributed by atoms with Gasteiger partial charge >= 0.3 is 0 Å². The fraction of sp³-hybridized carbons (Fsp3) is 0. The number of primary amides is 1. The van der Waals surface area contributed by atoms with Crippen LogP contribution in [0.1, 0.15) is 15.9 Å². The van der Waals surface area contributed by atoms with Crippen LogP contribution in [0.15, 0.2) is 36.7 Å². The van der Waals surface area contributed by atoms with E-state index in [9.17, 15) is 4.79 Å². The molecule has 1 aromatic heterocycles. The third-order valence-electron chi connectivity index (χ3n) is 2.99. The molecule has 2 heterocycles. The minimum atomic E-state index is -0.613. The maximum atomic E-state index is 11.5. The number of amides is 1. The van der Waals surface area contributed by atoms with Crippen molar-refractivity contribution >= 4 is 17.8 Å². The van der Waals surface area contributed by atoms with E-state index in [1.54, 1.807) is 24.3 Å². The molecule has 3 rings (SSSR count). The normalized spacial score (nSPS) is 12.2. The largest absolute Gasteiger partial charge is 0.383 e. The molecule has 0 fully saturated rings. The number of carbonyl (C=O) groups excluding carboxylic acids is 1. The van der Waals surface area contributed by atoms with Crippen LogP contribution in [0.2, 0.25) is 0 Å². The Labute approximate surface area is 114 Å². The van der Waals surface area contributed by atoms with Gasteiger partial charge in [-0.3, -0.25) is 14.6 Å². The fourth-order valence-electron chi connectivity index (χ4n) is 2.08. The Hall–Kier alpha value is -3.02. The quantitative estimate of drug-likeness (QED) is 0.808. The Morgan fingerprint density at radius 3 is 2.90 bits per heavy atom. The van der Waals surface area contributed by atoms with Gasteiger partial charge in [0.2, 0.25) is 0 Å². The van der Waals surface area contributed by atoms with Crippen LogP contribution >= 0.6 is 0 Å². The summed E-state index contributed by atoms with van der Waals surface area (Å²) in [6, 6.07) is 7.09. The van der Waals surface area contributed by atoms with E-state index in [2.05, 4.69) is 4.98 Å². The monoisotopic (exact) mass is 269 g/mol. The van der Waals surface area contributed by atoms with Crippen LogP contribution in [0.4, 0.5) is 5.82 Å². The Morgan fingerprint density at radius 1 is 1.25 bits per heavy atom. The molecule has 1 aliphatic heterocycles. The van der Waals surface area contributed by atoms with Gasteiger partial charge in [-0.15, -0.1) is 0 Å². The number of anilines is 1. The van der Waals surface area contributed by atoms with Crippen LogP contribution in [0.3, 0.4) is 0 Å². The van der Waals surface area contributed by atoms with E-state index >= 15 is 0 Å². The first-order valence-electron chi connectivity index (χ1n) is 5.85. The van der Waals surface area contributed by atoms with Gasteiger partial charge in [-0.1, -0.05) is 6.07 Å². The molecule has 0 aliphatic carbocycles. The summed E-state index contributed by atoms with van der Waals surface area (Å²) in [5.74, 6) is 0.0974. The molecule has 20 heavy (non-hydrogen) atoms. The average molecular weight is 269 g/mol. The van der Waals surface area contributed by atoms with Crippen LogP contribution in [0.25, 0.3) is 17.2 Å². The van der Waals surface area contributed by atoms with Crippen molar-refractivity contribution in [3.8, 4) is 16.9 Å². The molecule has 6 heteroatoms.